The number of ketones is 1. The normalized spacial score (nSPS) is 28.7. The molecule has 5 rings (SSSR count). The summed E-state index contributed by atoms with van der Waals surface area (Å²) in [5.74, 6) is -1.91. The minimum Gasteiger partial charge on any atom is -0.481 e. The van der Waals surface area contributed by atoms with Crippen LogP contribution in [-0.4, -0.2) is 55.0 Å². The van der Waals surface area contributed by atoms with Crippen LogP contribution in [0.3, 0.4) is 0 Å². The largest absolute Gasteiger partial charge is 0.481 e. The van der Waals surface area contributed by atoms with Gasteiger partial charge < -0.3 is 10.0 Å². The first-order chi connectivity index (χ1) is 19.1. The Morgan fingerprint density at radius 1 is 1.05 bits per heavy atom. The van der Waals surface area contributed by atoms with Crippen molar-refractivity contribution in [3.05, 3.63) is 45.5 Å². The molecule has 1 N–H and O–H groups in total. The van der Waals surface area contributed by atoms with E-state index in [1.807, 2.05) is 0 Å². The van der Waals surface area contributed by atoms with Gasteiger partial charge in [0.1, 0.15) is 0 Å². The van der Waals surface area contributed by atoms with Crippen molar-refractivity contribution in [2.24, 2.45) is 22.7 Å². The van der Waals surface area contributed by atoms with Crippen molar-refractivity contribution in [2.45, 2.75) is 77.6 Å². The van der Waals surface area contributed by atoms with Crippen molar-refractivity contribution < 1.29 is 32.7 Å². The lowest BCUT2D eigenvalue weighted by Gasteiger charge is -2.35. The minimum absolute atomic E-state index is 0.0141. The Kier molecular flexibility index (Phi) is 7.46. The summed E-state index contributed by atoms with van der Waals surface area (Å²) < 4.78 is 44.5. The van der Waals surface area contributed by atoms with Crippen LogP contribution in [0, 0.1) is 22.7 Å². The number of Topliss-reactive ketones (excluding diaryl/α,β-unsaturated/α-hetero) is 1. The smallest absolute Gasteiger partial charge is 0.433 e. The van der Waals surface area contributed by atoms with Crippen molar-refractivity contribution >= 4 is 40.9 Å². The summed E-state index contributed by atoms with van der Waals surface area (Å²) >= 11 is 12.4. The topological polar surface area (TPSA) is 105 Å². The van der Waals surface area contributed by atoms with E-state index >= 15 is 0 Å². The highest BCUT2D eigenvalue weighted by Gasteiger charge is 2.63. The molecule has 0 spiro atoms. The number of carbonyl (C=O) groups excluding carboxylic acids is 2. The van der Waals surface area contributed by atoms with Crippen LogP contribution >= 0.6 is 23.2 Å². The summed E-state index contributed by atoms with van der Waals surface area (Å²) in [5, 5.41) is 13.5. The minimum atomic E-state index is -4.91. The number of carbonyl (C=O) groups is 3. The van der Waals surface area contributed by atoms with Gasteiger partial charge in [-0.1, -0.05) is 37.0 Å². The predicted octanol–water partition coefficient (Wildman–Crippen LogP) is 6.57. The third kappa shape index (κ3) is 5.24. The molecule has 3 aliphatic carbocycles. The molecular weight excluding hydrogens is 584 g/mol. The van der Waals surface area contributed by atoms with Gasteiger partial charge in [0.15, 0.2) is 11.5 Å². The van der Waals surface area contributed by atoms with Gasteiger partial charge in [0, 0.05) is 18.4 Å². The van der Waals surface area contributed by atoms with E-state index in [0.717, 1.165) is 10.9 Å². The standard InChI is InChI=1S/C28H31Cl2F3N4O4/c1-26(2)17-8-15(9-18(17)26)36(13-21(38)22-19(29)11-34-12-20(22)30)24(39)16-10-35-37(23(16)28(31,32)33)14-4-6-27(3,7-5-14)25(40)41/h10-12,14-15,17-18H,4-9,13H2,1-3H3,(H,40,41)/t14-,15-,17+,18-,27-. The second-order valence-corrected chi connectivity index (χ2v) is 13.3. The van der Waals surface area contributed by atoms with Crippen molar-refractivity contribution in [3.63, 3.8) is 0 Å². The number of hydrogen-bond acceptors (Lipinski definition) is 5. The van der Waals surface area contributed by atoms with Gasteiger partial charge in [-0.2, -0.15) is 18.3 Å². The maximum absolute atomic E-state index is 14.5. The van der Waals surface area contributed by atoms with E-state index < -0.39 is 59.1 Å². The van der Waals surface area contributed by atoms with Crippen LogP contribution in [0.4, 0.5) is 13.2 Å². The maximum atomic E-state index is 14.5. The van der Waals surface area contributed by atoms with Crippen LogP contribution in [0.1, 0.15) is 91.7 Å². The Hall–Kier alpha value is -2.66. The van der Waals surface area contributed by atoms with Crippen molar-refractivity contribution in [1.82, 2.24) is 19.7 Å². The first-order valence-electron chi connectivity index (χ1n) is 13.6. The average molecular weight is 615 g/mol. The number of pyridine rings is 1. The van der Waals surface area contributed by atoms with Gasteiger partial charge in [-0.25, -0.2) is 0 Å². The Morgan fingerprint density at radius 3 is 2.12 bits per heavy atom. The number of aromatic nitrogens is 3. The lowest BCUT2D eigenvalue weighted by molar-refractivity contribution is -0.152. The highest BCUT2D eigenvalue weighted by molar-refractivity contribution is 6.39. The first kappa shape index (κ1) is 29.8. The summed E-state index contributed by atoms with van der Waals surface area (Å²) in [5.41, 5.74) is -2.80. The summed E-state index contributed by atoms with van der Waals surface area (Å²) in [4.78, 5) is 44.0. The van der Waals surface area contributed by atoms with E-state index in [4.69, 9.17) is 23.2 Å². The second kappa shape index (κ2) is 10.3. The van der Waals surface area contributed by atoms with E-state index in [2.05, 4.69) is 23.9 Å². The van der Waals surface area contributed by atoms with Gasteiger partial charge in [0.05, 0.1) is 45.4 Å². The molecule has 3 aliphatic rings. The zero-order valence-corrected chi connectivity index (χ0v) is 24.4. The fourth-order valence-corrected chi connectivity index (χ4v) is 7.52. The molecule has 0 radical (unpaired) electrons. The van der Waals surface area contributed by atoms with Gasteiger partial charge >= 0.3 is 12.1 Å². The van der Waals surface area contributed by atoms with E-state index in [1.54, 1.807) is 6.92 Å². The molecule has 13 heteroatoms. The number of carboxylic acid groups (broad SMARTS) is 1. The van der Waals surface area contributed by atoms with Gasteiger partial charge in [0.25, 0.3) is 5.91 Å². The number of carboxylic acids is 1. The number of alkyl halides is 3. The van der Waals surface area contributed by atoms with E-state index in [9.17, 15) is 32.7 Å². The molecule has 222 valence electrons. The molecule has 41 heavy (non-hydrogen) atoms. The lowest BCUT2D eigenvalue weighted by Crippen LogP contribution is -2.44. The molecule has 3 saturated carbocycles. The molecule has 2 aromatic rings. The molecule has 0 aromatic carbocycles. The van der Waals surface area contributed by atoms with Crippen LogP contribution in [0.25, 0.3) is 0 Å². The number of halogens is 5. The Morgan fingerprint density at radius 2 is 1.61 bits per heavy atom. The third-order valence-electron chi connectivity index (χ3n) is 9.70. The second-order valence-electron chi connectivity index (χ2n) is 12.4. The van der Waals surface area contributed by atoms with Crippen molar-refractivity contribution in [2.75, 3.05) is 6.54 Å². The summed E-state index contributed by atoms with van der Waals surface area (Å²) in [7, 11) is 0. The van der Waals surface area contributed by atoms with Crippen LogP contribution in [-0.2, 0) is 11.0 Å². The van der Waals surface area contributed by atoms with Gasteiger partial charge in [-0.15, -0.1) is 0 Å². The number of rotatable bonds is 7. The van der Waals surface area contributed by atoms with Crippen LogP contribution in [0.15, 0.2) is 18.6 Å². The fraction of sp³-hybridized carbons (Fsp3) is 0.607. The van der Waals surface area contributed by atoms with E-state index in [-0.39, 0.29) is 46.7 Å². The van der Waals surface area contributed by atoms with Crippen LogP contribution < -0.4 is 0 Å². The van der Waals surface area contributed by atoms with Crippen molar-refractivity contribution in [1.29, 1.82) is 0 Å². The fourth-order valence-electron chi connectivity index (χ4n) is 6.94. The van der Waals surface area contributed by atoms with Crippen molar-refractivity contribution in [3.8, 4) is 0 Å². The van der Waals surface area contributed by atoms with E-state index in [0.29, 0.717) is 24.7 Å². The van der Waals surface area contributed by atoms with Gasteiger partial charge in [0.2, 0.25) is 0 Å². The van der Waals surface area contributed by atoms with E-state index in [1.165, 1.54) is 17.3 Å². The average Bonchev–Trinajstić information content (AvgIpc) is 3.30. The molecule has 3 fully saturated rings. The van der Waals surface area contributed by atoms with Crippen LogP contribution in [0.2, 0.25) is 10.0 Å². The third-order valence-corrected chi connectivity index (χ3v) is 10.3. The molecule has 3 atom stereocenters. The number of nitrogens with zero attached hydrogens (tertiary/aromatic N) is 4. The molecule has 2 heterocycles. The quantitative estimate of drug-likeness (QED) is 0.354. The summed E-state index contributed by atoms with van der Waals surface area (Å²) in [6.07, 6.45) is 0.330. The highest BCUT2D eigenvalue weighted by atomic mass is 35.5. The molecule has 0 unspecified atom stereocenters. The molecule has 0 aliphatic heterocycles. The summed E-state index contributed by atoms with van der Waals surface area (Å²) in [6.45, 7) is 5.32. The molecule has 8 nitrogen and oxygen atoms in total. The van der Waals surface area contributed by atoms with Crippen LogP contribution in [0.5, 0.6) is 0 Å². The highest BCUT2D eigenvalue weighted by Crippen LogP contribution is 2.67. The Bertz CT molecular complexity index is 1370. The number of amides is 1. The molecule has 2 aromatic heterocycles. The zero-order chi connectivity index (χ0) is 30.1. The Labute approximate surface area is 245 Å². The zero-order valence-electron chi connectivity index (χ0n) is 22.8. The number of hydrogen-bond donors (Lipinski definition) is 1. The molecule has 0 saturated heterocycles. The number of fused-ring (bicyclic) bond motifs is 1. The van der Waals surface area contributed by atoms with Gasteiger partial charge in [-0.05, 0) is 62.7 Å². The molecule has 1 amide bonds. The molecule has 0 bridgehead atoms. The predicted molar refractivity (Wildman–Crippen MR) is 144 cm³/mol. The SMILES string of the molecule is CC1(C)[C@@H]2C[C@H](N(CC(=O)c3c(Cl)cncc3Cl)C(=O)c3cnn([C@H]4CC[C@](C)(C(=O)O)CC4)c3C(F)(F)F)C[C@@H]21. The lowest BCUT2D eigenvalue weighted by atomic mass is 9.74. The Balaban J connectivity index is 1.48. The monoisotopic (exact) mass is 614 g/mol. The van der Waals surface area contributed by atoms with Gasteiger partial charge in [-0.3, -0.25) is 24.0 Å². The summed E-state index contributed by atoms with van der Waals surface area (Å²) in [6, 6.07) is -1.16. The number of aliphatic carboxylic acids is 1. The molecular formula is C28H31Cl2F3N4O4. The maximum Gasteiger partial charge on any atom is 0.433 e. The first-order valence-corrected chi connectivity index (χ1v) is 14.3.